The van der Waals surface area contributed by atoms with Crippen molar-refractivity contribution in [2.45, 2.75) is 39.8 Å². The fraction of sp³-hybridized carbons (Fsp3) is 0.526. The minimum Gasteiger partial charge on any atom is -0.466 e. The topological polar surface area (TPSA) is 63.1 Å². The summed E-state index contributed by atoms with van der Waals surface area (Å²) < 4.78 is 7.44. The number of aromatic amines is 1. The summed E-state index contributed by atoms with van der Waals surface area (Å²) in [5.74, 6) is 1.35. The molecule has 0 bridgehead atoms. The summed E-state index contributed by atoms with van der Waals surface area (Å²) in [6.07, 6.45) is 2.92. The van der Waals surface area contributed by atoms with E-state index < -0.39 is 0 Å². The number of hydrogen-bond acceptors (Lipinski definition) is 5. The molecule has 1 aromatic carbocycles. The second-order valence-electron chi connectivity index (χ2n) is 6.87. The zero-order valence-corrected chi connectivity index (χ0v) is 16.2. The fourth-order valence-electron chi connectivity index (χ4n) is 2.86. The van der Waals surface area contributed by atoms with E-state index in [9.17, 15) is 4.79 Å². The zero-order valence-electron chi connectivity index (χ0n) is 15.4. The van der Waals surface area contributed by atoms with E-state index in [-0.39, 0.29) is 5.97 Å². The van der Waals surface area contributed by atoms with Crippen molar-refractivity contribution < 1.29 is 9.53 Å². The number of aryl methyl sites for hydroxylation is 1. The second kappa shape index (κ2) is 8.60. The van der Waals surface area contributed by atoms with Crippen molar-refractivity contribution >= 4 is 18.2 Å². The number of hydrogen-bond donors (Lipinski definition) is 1. The lowest BCUT2D eigenvalue weighted by molar-refractivity contribution is -0.143. The first-order valence-electron chi connectivity index (χ1n) is 9.17. The van der Waals surface area contributed by atoms with Gasteiger partial charge in [0.05, 0.1) is 19.7 Å². The summed E-state index contributed by atoms with van der Waals surface area (Å²) in [6.45, 7) is 6.55. The summed E-state index contributed by atoms with van der Waals surface area (Å²) in [6, 6.07) is 8.19. The lowest BCUT2D eigenvalue weighted by atomic mass is 10.1. The Morgan fingerprint density at radius 2 is 2.12 bits per heavy atom. The summed E-state index contributed by atoms with van der Waals surface area (Å²) in [4.78, 5) is 18.4. The Kier molecular flexibility index (Phi) is 6.21. The van der Waals surface area contributed by atoms with Gasteiger partial charge in [-0.2, -0.15) is 4.98 Å². The minimum atomic E-state index is -0.151. The van der Waals surface area contributed by atoms with E-state index in [1.54, 1.807) is 0 Å². The van der Waals surface area contributed by atoms with Crippen molar-refractivity contribution in [2.24, 2.45) is 5.92 Å². The zero-order chi connectivity index (χ0) is 18.5. The highest BCUT2D eigenvalue weighted by molar-refractivity contribution is 7.71. The van der Waals surface area contributed by atoms with Crippen LogP contribution >= 0.6 is 12.2 Å². The molecular formula is C19H26N4O2S. The van der Waals surface area contributed by atoms with Crippen molar-refractivity contribution in [2.75, 3.05) is 19.7 Å². The maximum atomic E-state index is 11.7. The minimum absolute atomic E-state index is 0.151. The van der Waals surface area contributed by atoms with Gasteiger partial charge >= 0.3 is 5.97 Å². The standard InChI is InChI=1S/C19H26N4O2S/c1-3-25-17(24)10-11-22(12-15-6-7-15)13-23-19(26)20-18(21-23)16-8-4-14(2)5-9-16/h4-5,8-9,15H,3,6-7,10-13H2,1-2H3,(H,20,21,26). The van der Waals surface area contributed by atoms with Crippen LogP contribution in [-0.2, 0) is 16.2 Å². The lowest BCUT2D eigenvalue weighted by Gasteiger charge is -2.21. The van der Waals surface area contributed by atoms with Crippen LogP contribution in [0.5, 0.6) is 0 Å². The number of benzene rings is 1. The number of nitrogens with zero attached hydrogens (tertiary/aromatic N) is 3. The second-order valence-corrected chi connectivity index (χ2v) is 7.23. The predicted octanol–water partition coefficient (Wildman–Crippen LogP) is 3.54. The highest BCUT2D eigenvalue weighted by atomic mass is 32.1. The predicted molar refractivity (Wildman–Crippen MR) is 103 cm³/mol. The van der Waals surface area contributed by atoms with Crippen LogP contribution < -0.4 is 0 Å². The Bertz CT molecular complexity index is 793. The van der Waals surface area contributed by atoms with Gasteiger partial charge in [-0.15, -0.1) is 0 Å². The molecule has 140 valence electrons. The Hall–Kier alpha value is -1.99. The molecule has 1 aliphatic rings. The van der Waals surface area contributed by atoms with Gasteiger partial charge in [0.1, 0.15) is 0 Å². The van der Waals surface area contributed by atoms with E-state index in [4.69, 9.17) is 17.0 Å². The van der Waals surface area contributed by atoms with Crippen LogP contribution in [0.3, 0.4) is 0 Å². The van der Waals surface area contributed by atoms with Crippen LogP contribution in [0.25, 0.3) is 11.4 Å². The first-order valence-corrected chi connectivity index (χ1v) is 9.58. The number of esters is 1. The highest BCUT2D eigenvalue weighted by Gasteiger charge is 2.25. The lowest BCUT2D eigenvalue weighted by Crippen LogP contribution is -2.31. The van der Waals surface area contributed by atoms with Gasteiger partial charge in [0.25, 0.3) is 0 Å². The molecular weight excluding hydrogens is 348 g/mol. The largest absolute Gasteiger partial charge is 0.466 e. The first-order chi connectivity index (χ1) is 12.5. The van der Waals surface area contributed by atoms with Crippen molar-refractivity contribution in [3.05, 3.63) is 34.6 Å². The Balaban J connectivity index is 1.68. The van der Waals surface area contributed by atoms with Gasteiger partial charge in [-0.3, -0.25) is 14.8 Å². The van der Waals surface area contributed by atoms with E-state index >= 15 is 0 Å². The summed E-state index contributed by atoms with van der Waals surface area (Å²) in [5, 5.41) is 3.30. The maximum absolute atomic E-state index is 11.7. The van der Waals surface area contributed by atoms with Crippen LogP contribution in [0.1, 0.15) is 31.7 Å². The maximum Gasteiger partial charge on any atom is 0.307 e. The van der Waals surface area contributed by atoms with Crippen molar-refractivity contribution in [1.29, 1.82) is 0 Å². The molecule has 0 radical (unpaired) electrons. The van der Waals surface area contributed by atoms with E-state index in [0.29, 0.717) is 31.0 Å². The van der Waals surface area contributed by atoms with Gasteiger partial charge in [-0.1, -0.05) is 29.8 Å². The molecule has 0 amide bonds. The van der Waals surface area contributed by atoms with E-state index in [1.807, 2.05) is 23.7 Å². The van der Waals surface area contributed by atoms with Crippen LogP contribution in [0.4, 0.5) is 0 Å². The summed E-state index contributed by atoms with van der Waals surface area (Å²) in [5.41, 5.74) is 2.22. The highest BCUT2D eigenvalue weighted by Crippen LogP contribution is 2.30. The van der Waals surface area contributed by atoms with E-state index in [1.165, 1.54) is 18.4 Å². The molecule has 0 saturated heterocycles. The smallest absolute Gasteiger partial charge is 0.307 e. The number of ether oxygens (including phenoxy) is 1. The fourth-order valence-corrected chi connectivity index (χ4v) is 3.06. The van der Waals surface area contributed by atoms with Crippen LogP contribution in [0, 0.1) is 17.6 Å². The van der Waals surface area contributed by atoms with Crippen LogP contribution in [0.15, 0.2) is 24.3 Å². The van der Waals surface area contributed by atoms with Gasteiger partial charge in [-0.25, -0.2) is 4.68 Å². The molecule has 26 heavy (non-hydrogen) atoms. The Morgan fingerprint density at radius 3 is 2.77 bits per heavy atom. The monoisotopic (exact) mass is 374 g/mol. The molecule has 1 N–H and O–H groups in total. The number of aromatic nitrogens is 3. The molecule has 0 atom stereocenters. The Labute approximate surface area is 159 Å². The molecule has 1 saturated carbocycles. The molecule has 3 rings (SSSR count). The molecule has 0 unspecified atom stereocenters. The number of carbonyl (C=O) groups excluding carboxylic acids is 1. The normalized spacial score (nSPS) is 14.0. The van der Waals surface area contributed by atoms with Gasteiger partial charge < -0.3 is 4.74 Å². The van der Waals surface area contributed by atoms with Gasteiger partial charge in [0.15, 0.2) is 5.82 Å². The SMILES string of the molecule is CCOC(=O)CCN(CC1CC1)Cn1[nH]c(-c2ccc(C)cc2)nc1=S. The number of H-pyrrole nitrogens is 1. The third-order valence-electron chi connectivity index (χ3n) is 4.50. The molecule has 6 nitrogen and oxygen atoms in total. The number of rotatable bonds is 9. The molecule has 1 heterocycles. The van der Waals surface area contributed by atoms with Gasteiger partial charge in [0, 0.05) is 18.7 Å². The molecule has 0 aliphatic heterocycles. The summed E-state index contributed by atoms with van der Waals surface area (Å²) >= 11 is 5.43. The molecule has 1 aliphatic carbocycles. The first kappa shape index (κ1) is 18.8. The average molecular weight is 375 g/mol. The molecule has 0 spiro atoms. The quantitative estimate of drug-likeness (QED) is 0.537. The Morgan fingerprint density at radius 1 is 1.38 bits per heavy atom. The van der Waals surface area contributed by atoms with Crippen LogP contribution in [0.2, 0.25) is 0 Å². The number of carbonyl (C=O) groups is 1. The van der Waals surface area contributed by atoms with E-state index in [0.717, 1.165) is 23.9 Å². The third-order valence-corrected chi connectivity index (χ3v) is 4.81. The molecule has 1 fully saturated rings. The van der Waals surface area contributed by atoms with Crippen LogP contribution in [-0.4, -0.2) is 45.3 Å². The van der Waals surface area contributed by atoms with Gasteiger partial charge in [0.2, 0.25) is 4.77 Å². The molecule has 1 aromatic heterocycles. The molecule has 2 aromatic rings. The molecule has 7 heteroatoms. The van der Waals surface area contributed by atoms with Crippen molar-refractivity contribution in [3.63, 3.8) is 0 Å². The third kappa shape index (κ3) is 5.25. The van der Waals surface area contributed by atoms with Gasteiger partial charge in [-0.05, 0) is 44.8 Å². The summed E-state index contributed by atoms with van der Waals surface area (Å²) in [7, 11) is 0. The van der Waals surface area contributed by atoms with E-state index in [2.05, 4.69) is 34.0 Å². The number of nitrogens with one attached hydrogen (secondary N) is 1. The average Bonchev–Trinajstić information content (AvgIpc) is 3.36. The van der Waals surface area contributed by atoms with Crippen molar-refractivity contribution in [3.8, 4) is 11.4 Å². The van der Waals surface area contributed by atoms with Crippen molar-refractivity contribution in [1.82, 2.24) is 19.7 Å².